The smallest absolute Gasteiger partial charge is 0.0453 e. The fraction of sp³-hybridized carbons (Fsp3) is 1.00. The van der Waals surface area contributed by atoms with Gasteiger partial charge in [0.1, 0.15) is 0 Å². The molecule has 0 spiro atoms. The van der Waals surface area contributed by atoms with E-state index in [0.29, 0.717) is 12.5 Å². The lowest BCUT2D eigenvalue weighted by Crippen LogP contribution is -1.90. The van der Waals surface area contributed by atoms with Gasteiger partial charge in [-0.3, -0.25) is 0 Å². The molecule has 0 bridgehead atoms. The normalized spacial score (nSPS) is 7.71. The summed E-state index contributed by atoms with van der Waals surface area (Å²) in [6.07, 6.45) is 0. The first-order valence-corrected chi connectivity index (χ1v) is 8.31. The summed E-state index contributed by atoms with van der Waals surface area (Å²) < 4.78 is 0. The Hall–Kier alpha value is 1.42. The Morgan fingerprint density at radius 1 is 1.43 bits per heavy atom. The van der Waals surface area contributed by atoms with E-state index in [2.05, 4.69) is 37.2 Å². The topological polar surface area (TPSA) is 20.2 Å². The summed E-state index contributed by atoms with van der Waals surface area (Å²) in [5.74, 6) is 0.440. The van der Waals surface area contributed by atoms with Crippen LogP contribution >= 0.6 is 37.2 Å². The van der Waals surface area contributed by atoms with Crippen LogP contribution in [0.2, 0.25) is 0 Å². The maximum absolute atomic E-state index is 8.14. The summed E-state index contributed by atoms with van der Waals surface area (Å²) in [5, 5.41) is 8.14. The van der Waals surface area contributed by atoms with Crippen LogP contribution < -0.4 is 0 Å². The van der Waals surface area contributed by atoms with Gasteiger partial charge in [-0.05, 0) is 5.92 Å². The maximum Gasteiger partial charge on any atom is 0.0453 e. The third-order valence-corrected chi connectivity index (χ3v) is 0.365. The van der Waals surface area contributed by atoms with Gasteiger partial charge in [-0.15, -0.1) is 0 Å². The number of aliphatic hydroxyl groups excluding tert-OH is 1. The van der Waals surface area contributed by atoms with Crippen LogP contribution in [0.1, 0.15) is 13.8 Å². The molecule has 0 aliphatic rings. The van der Waals surface area contributed by atoms with Gasteiger partial charge in [0.05, 0.1) is 0 Å². The molecule has 0 amide bonds. The zero-order chi connectivity index (χ0) is 6.28. The van der Waals surface area contributed by atoms with Crippen molar-refractivity contribution in [2.24, 2.45) is 5.92 Å². The second-order valence-electron chi connectivity index (χ2n) is 1.58. The second kappa shape index (κ2) is 10.4. The van der Waals surface area contributed by atoms with Crippen molar-refractivity contribution in [1.29, 1.82) is 0 Å². The highest BCUT2D eigenvalue weighted by atomic mass is 128. The van der Waals surface area contributed by atoms with Crippen LogP contribution in [0.5, 0.6) is 0 Å². The Labute approximate surface area is 68.2 Å². The van der Waals surface area contributed by atoms with E-state index in [1.54, 1.807) is 0 Å². The first kappa shape index (κ1) is 11.2. The average molecular weight is 328 g/mol. The summed E-state index contributed by atoms with van der Waals surface area (Å²) in [4.78, 5) is 0. The zero-order valence-electron chi connectivity index (χ0n) is 4.49. The van der Waals surface area contributed by atoms with Crippen molar-refractivity contribution in [1.82, 2.24) is 0 Å². The van der Waals surface area contributed by atoms with E-state index in [-0.39, 0.29) is 0 Å². The van der Waals surface area contributed by atoms with Gasteiger partial charge in [0.15, 0.2) is 0 Å². The van der Waals surface area contributed by atoms with Gasteiger partial charge in [-0.2, -0.15) is 0 Å². The molecule has 0 saturated heterocycles. The van der Waals surface area contributed by atoms with Crippen molar-refractivity contribution in [2.45, 2.75) is 13.8 Å². The Morgan fingerprint density at radius 3 is 1.57 bits per heavy atom. The van der Waals surface area contributed by atoms with Crippen LogP contribution in [-0.4, -0.2) is 11.7 Å². The van der Waals surface area contributed by atoms with Crippen molar-refractivity contribution in [3.63, 3.8) is 0 Å². The predicted octanol–water partition coefficient (Wildman–Crippen LogP) is 2.41. The van der Waals surface area contributed by atoms with Crippen molar-refractivity contribution in [3.8, 4) is 0 Å². The van der Waals surface area contributed by atoms with Crippen LogP contribution in [0.3, 0.4) is 0 Å². The molecule has 0 radical (unpaired) electrons. The van der Waals surface area contributed by atoms with E-state index in [4.69, 9.17) is 5.11 Å². The minimum atomic E-state index is 0.306. The zero-order valence-corrected chi connectivity index (χ0v) is 8.80. The van der Waals surface area contributed by atoms with Crippen LogP contribution in [0.25, 0.3) is 0 Å². The maximum atomic E-state index is 8.14. The van der Waals surface area contributed by atoms with E-state index >= 15 is 0 Å². The molecule has 0 aromatic carbocycles. The lowest BCUT2D eigenvalue weighted by molar-refractivity contribution is 0.248. The number of aliphatic hydroxyl groups is 1. The Balaban J connectivity index is 0. The van der Waals surface area contributed by atoms with Crippen molar-refractivity contribution in [3.05, 3.63) is 0 Å². The van der Waals surface area contributed by atoms with Crippen LogP contribution in [0.15, 0.2) is 0 Å². The largest absolute Gasteiger partial charge is 0.396 e. The van der Waals surface area contributed by atoms with Gasteiger partial charge in [-0.25, -0.2) is 0 Å². The standard InChI is InChI=1S/C4H10O.I2/c1-4(2)3-5;1-2/h4-5H,3H2,1-2H3;. The number of halogens is 2. The van der Waals surface area contributed by atoms with Crippen molar-refractivity contribution >= 4 is 37.2 Å². The fourth-order valence-electron chi connectivity index (χ4n) is 0. The Bertz CT molecular complexity index is 23.7. The van der Waals surface area contributed by atoms with Crippen molar-refractivity contribution in [2.75, 3.05) is 6.61 Å². The number of hydrogen-bond donors (Lipinski definition) is 1. The van der Waals surface area contributed by atoms with Gasteiger partial charge < -0.3 is 5.11 Å². The molecule has 0 unspecified atom stereocenters. The van der Waals surface area contributed by atoms with E-state index in [1.807, 2.05) is 13.8 Å². The van der Waals surface area contributed by atoms with E-state index < -0.39 is 0 Å². The third-order valence-electron chi connectivity index (χ3n) is 0.365. The van der Waals surface area contributed by atoms with Gasteiger partial charge in [0.25, 0.3) is 0 Å². The lowest BCUT2D eigenvalue weighted by Gasteiger charge is -1.90. The number of hydrogen-bond acceptors (Lipinski definition) is 1. The van der Waals surface area contributed by atoms with Crippen LogP contribution in [0, 0.1) is 5.92 Å². The molecule has 0 fully saturated rings. The molecule has 1 nitrogen and oxygen atoms in total. The van der Waals surface area contributed by atoms with E-state index in [0.717, 1.165) is 0 Å². The van der Waals surface area contributed by atoms with E-state index in [9.17, 15) is 0 Å². The first-order valence-electron chi connectivity index (χ1n) is 2.02. The molecule has 3 heteroatoms. The molecule has 7 heavy (non-hydrogen) atoms. The van der Waals surface area contributed by atoms with Gasteiger partial charge in [0.2, 0.25) is 0 Å². The third kappa shape index (κ3) is 18.6. The lowest BCUT2D eigenvalue weighted by atomic mass is 10.2. The summed E-state index contributed by atoms with van der Waals surface area (Å²) in [6, 6.07) is 0. The minimum absolute atomic E-state index is 0.306. The quantitative estimate of drug-likeness (QED) is 0.733. The SMILES string of the molecule is CC(C)CO.II. The molecular formula is C4H10I2O. The predicted molar refractivity (Wildman–Crippen MR) is 50.0 cm³/mol. The molecule has 0 atom stereocenters. The Morgan fingerprint density at radius 2 is 1.57 bits per heavy atom. The monoisotopic (exact) mass is 328 g/mol. The minimum Gasteiger partial charge on any atom is -0.396 e. The van der Waals surface area contributed by atoms with Gasteiger partial charge >= 0.3 is 0 Å². The fourth-order valence-corrected chi connectivity index (χ4v) is 0. The molecule has 1 N–H and O–H groups in total. The molecular weight excluding hydrogens is 318 g/mol. The average Bonchev–Trinajstić information content (AvgIpc) is 1.73. The molecule has 0 heterocycles. The highest BCUT2D eigenvalue weighted by Crippen LogP contribution is 1.89. The molecule has 0 aliphatic carbocycles. The molecule has 0 aliphatic heterocycles. The Kier molecular flexibility index (Phi) is 16.7. The van der Waals surface area contributed by atoms with Gasteiger partial charge in [0, 0.05) is 43.8 Å². The summed E-state index contributed by atoms with van der Waals surface area (Å²) in [7, 11) is 0. The highest BCUT2D eigenvalue weighted by Gasteiger charge is 1.81. The molecule has 0 rings (SSSR count). The molecule has 0 aromatic heterocycles. The summed E-state index contributed by atoms with van der Waals surface area (Å²) in [6.45, 7) is 4.25. The number of rotatable bonds is 1. The first-order chi connectivity index (χ1) is 3.27. The summed E-state index contributed by atoms with van der Waals surface area (Å²) >= 11 is 4.24. The molecule has 0 aromatic rings. The molecule has 46 valence electrons. The second-order valence-corrected chi connectivity index (χ2v) is 1.58. The van der Waals surface area contributed by atoms with Crippen molar-refractivity contribution < 1.29 is 5.11 Å². The summed E-state index contributed by atoms with van der Waals surface area (Å²) in [5.41, 5.74) is 0. The highest BCUT2D eigenvalue weighted by molar-refractivity contribution is 15.0. The molecule has 0 saturated carbocycles. The van der Waals surface area contributed by atoms with Crippen LogP contribution in [-0.2, 0) is 0 Å². The van der Waals surface area contributed by atoms with Gasteiger partial charge in [-0.1, -0.05) is 13.8 Å². The van der Waals surface area contributed by atoms with Crippen LogP contribution in [0.4, 0.5) is 0 Å². The van der Waals surface area contributed by atoms with E-state index in [1.165, 1.54) is 0 Å².